The molecule has 134 valence electrons. The minimum Gasteiger partial charge on any atom is -0.494 e. The predicted molar refractivity (Wildman–Crippen MR) is 93.2 cm³/mol. The highest BCUT2D eigenvalue weighted by molar-refractivity contribution is 5.96. The Morgan fingerprint density at radius 3 is 2.92 bits per heavy atom. The van der Waals surface area contributed by atoms with Crippen molar-refractivity contribution in [1.82, 2.24) is 10.5 Å². The molecule has 2 aromatic rings. The van der Waals surface area contributed by atoms with Crippen LogP contribution >= 0.6 is 0 Å². The summed E-state index contributed by atoms with van der Waals surface area (Å²) in [5, 5.41) is 6.88. The number of nitrogens with zero attached hydrogens (tertiary/aromatic N) is 1. The number of hydrogen-bond acceptors (Lipinski definition) is 5. The summed E-state index contributed by atoms with van der Waals surface area (Å²) in [5.74, 6) is 2.01. The second kappa shape index (κ2) is 7.17. The topological polar surface area (TPSA) is 73.6 Å². The molecule has 0 radical (unpaired) electrons. The fourth-order valence-electron chi connectivity index (χ4n) is 3.12. The molecule has 25 heavy (non-hydrogen) atoms. The molecule has 1 aromatic carbocycles. The van der Waals surface area contributed by atoms with Crippen molar-refractivity contribution in [2.75, 3.05) is 6.61 Å². The van der Waals surface area contributed by atoms with Crippen LogP contribution in [-0.4, -0.2) is 23.8 Å². The molecule has 6 heteroatoms. The lowest BCUT2D eigenvalue weighted by molar-refractivity contribution is 0.0948. The molecule has 1 amide bonds. The molecule has 1 aromatic heterocycles. The van der Waals surface area contributed by atoms with Gasteiger partial charge in [0.15, 0.2) is 0 Å². The van der Waals surface area contributed by atoms with Gasteiger partial charge in [0.25, 0.3) is 5.91 Å². The monoisotopic (exact) mass is 344 g/mol. The quantitative estimate of drug-likeness (QED) is 0.871. The van der Waals surface area contributed by atoms with Crippen LogP contribution in [0, 0.1) is 6.92 Å². The Morgan fingerprint density at radius 1 is 1.40 bits per heavy atom. The van der Waals surface area contributed by atoms with Crippen LogP contribution in [-0.2, 0) is 19.4 Å². The van der Waals surface area contributed by atoms with Gasteiger partial charge in [0.2, 0.25) is 0 Å². The van der Waals surface area contributed by atoms with Crippen molar-refractivity contribution in [3.63, 3.8) is 0 Å². The van der Waals surface area contributed by atoms with E-state index >= 15 is 0 Å². The Balaban J connectivity index is 1.79. The summed E-state index contributed by atoms with van der Waals surface area (Å²) in [6.07, 6.45) is 1.69. The number of amides is 1. The molecule has 1 aliphatic heterocycles. The molecular formula is C19H24N2O4. The Bertz CT molecular complexity index is 782. The van der Waals surface area contributed by atoms with Crippen LogP contribution in [0.25, 0.3) is 0 Å². The van der Waals surface area contributed by atoms with Crippen LogP contribution in [0.4, 0.5) is 0 Å². The molecule has 0 fully saturated rings. The molecule has 0 saturated heterocycles. The van der Waals surface area contributed by atoms with Gasteiger partial charge in [-0.05, 0) is 39.3 Å². The molecule has 0 unspecified atom stereocenters. The Morgan fingerprint density at radius 2 is 2.20 bits per heavy atom. The van der Waals surface area contributed by atoms with E-state index in [1.165, 1.54) is 0 Å². The van der Waals surface area contributed by atoms with Crippen LogP contribution in [0.2, 0.25) is 0 Å². The first-order valence-electron chi connectivity index (χ1n) is 8.72. The summed E-state index contributed by atoms with van der Waals surface area (Å²) in [6, 6.07) is 3.98. The van der Waals surface area contributed by atoms with Crippen LogP contribution in [0.5, 0.6) is 11.5 Å². The van der Waals surface area contributed by atoms with E-state index in [0.29, 0.717) is 36.6 Å². The molecule has 6 nitrogen and oxygen atoms in total. The maximum absolute atomic E-state index is 12.6. The van der Waals surface area contributed by atoms with Gasteiger partial charge >= 0.3 is 0 Å². The Hall–Kier alpha value is -2.50. The molecule has 1 aliphatic rings. The number of rotatable bonds is 6. The van der Waals surface area contributed by atoms with E-state index < -0.39 is 0 Å². The van der Waals surface area contributed by atoms with Crippen molar-refractivity contribution in [3.8, 4) is 11.5 Å². The zero-order valence-electron chi connectivity index (χ0n) is 15.1. The van der Waals surface area contributed by atoms with Crippen molar-refractivity contribution in [2.24, 2.45) is 0 Å². The average Bonchev–Trinajstić information content (AvgIpc) is 3.13. The number of nitrogens with one attached hydrogen (secondary N) is 1. The number of carbonyl (C=O) groups excluding carboxylic acids is 1. The van der Waals surface area contributed by atoms with Gasteiger partial charge in [-0.1, -0.05) is 12.1 Å². The number of carbonyl (C=O) groups is 1. The first kappa shape index (κ1) is 17.3. The van der Waals surface area contributed by atoms with Crippen LogP contribution < -0.4 is 14.8 Å². The van der Waals surface area contributed by atoms with Crippen molar-refractivity contribution in [2.45, 2.75) is 53.2 Å². The third kappa shape index (κ3) is 3.48. The van der Waals surface area contributed by atoms with E-state index in [1.807, 2.05) is 32.9 Å². The Kier molecular flexibility index (Phi) is 4.97. The van der Waals surface area contributed by atoms with Crippen LogP contribution in [0.3, 0.4) is 0 Å². The van der Waals surface area contributed by atoms with E-state index in [1.54, 1.807) is 6.92 Å². The van der Waals surface area contributed by atoms with E-state index in [0.717, 1.165) is 29.0 Å². The molecule has 3 rings (SSSR count). The first-order valence-corrected chi connectivity index (χ1v) is 8.72. The Labute approximate surface area is 147 Å². The minimum absolute atomic E-state index is 0.168. The van der Waals surface area contributed by atoms with Gasteiger partial charge in [-0.2, -0.15) is 0 Å². The van der Waals surface area contributed by atoms with Gasteiger partial charge in [-0.15, -0.1) is 0 Å². The molecule has 0 aliphatic carbocycles. The predicted octanol–water partition coefficient (Wildman–Crippen LogP) is 3.20. The zero-order chi connectivity index (χ0) is 18.0. The second-order valence-corrected chi connectivity index (χ2v) is 6.23. The van der Waals surface area contributed by atoms with Gasteiger partial charge in [0, 0.05) is 24.1 Å². The molecule has 0 spiro atoms. The third-order valence-corrected chi connectivity index (χ3v) is 4.31. The smallest absolute Gasteiger partial charge is 0.257 e. The van der Waals surface area contributed by atoms with Crippen molar-refractivity contribution in [1.29, 1.82) is 0 Å². The maximum atomic E-state index is 12.6. The number of benzene rings is 1. The first-order chi connectivity index (χ1) is 12.0. The second-order valence-electron chi connectivity index (χ2n) is 6.23. The summed E-state index contributed by atoms with van der Waals surface area (Å²) in [4.78, 5) is 12.6. The van der Waals surface area contributed by atoms with Gasteiger partial charge < -0.3 is 19.3 Å². The summed E-state index contributed by atoms with van der Waals surface area (Å²) in [5.41, 5.74) is 3.24. The zero-order valence-corrected chi connectivity index (χ0v) is 15.1. The van der Waals surface area contributed by atoms with Gasteiger partial charge in [0.1, 0.15) is 28.9 Å². The molecule has 1 atom stereocenters. The summed E-state index contributed by atoms with van der Waals surface area (Å²) >= 11 is 0. The van der Waals surface area contributed by atoms with Gasteiger partial charge in [0.05, 0.1) is 12.3 Å². The molecular weight excluding hydrogens is 320 g/mol. The van der Waals surface area contributed by atoms with E-state index in [2.05, 4.69) is 10.5 Å². The number of aromatic nitrogens is 1. The average molecular weight is 344 g/mol. The molecule has 0 saturated carbocycles. The van der Waals surface area contributed by atoms with Gasteiger partial charge in [-0.3, -0.25) is 4.79 Å². The van der Waals surface area contributed by atoms with Crippen LogP contribution in [0.1, 0.15) is 53.7 Å². The minimum atomic E-state index is -0.187. The summed E-state index contributed by atoms with van der Waals surface area (Å²) < 4.78 is 16.7. The fourth-order valence-corrected chi connectivity index (χ4v) is 3.12. The lowest BCUT2D eigenvalue weighted by atomic mass is 10.1. The van der Waals surface area contributed by atoms with E-state index in [9.17, 15) is 4.79 Å². The lowest BCUT2D eigenvalue weighted by Gasteiger charge is -2.13. The number of aryl methyl sites for hydroxylation is 2. The van der Waals surface area contributed by atoms with E-state index in [4.69, 9.17) is 14.0 Å². The third-order valence-electron chi connectivity index (χ3n) is 4.31. The molecule has 2 heterocycles. The maximum Gasteiger partial charge on any atom is 0.257 e. The van der Waals surface area contributed by atoms with Crippen molar-refractivity contribution in [3.05, 3.63) is 40.3 Å². The molecule has 0 bridgehead atoms. The highest BCUT2D eigenvalue weighted by Gasteiger charge is 2.23. The van der Waals surface area contributed by atoms with Crippen molar-refractivity contribution >= 4 is 5.91 Å². The number of ether oxygens (including phenoxy) is 2. The summed E-state index contributed by atoms with van der Waals surface area (Å²) in [6.45, 7) is 8.61. The fraction of sp³-hybridized carbons (Fsp3) is 0.474. The van der Waals surface area contributed by atoms with Crippen LogP contribution in [0.15, 0.2) is 16.7 Å². The number of hydrogen-bond donors (Lipinski definition) is 1. The number of fused-ring (bicyclic) bond motifs is 1. The summed E-state index contributed by atoms with van der Waals surface area (Å²) in [7, 11) is 0. The standard InChI is InChI=1S/C19H24N2O4/c1-5-15-18(12(4)25-21-15)19(22)20-10-14-9-17-13(7-11(3)24-17)8-16(14)23-6-2/h8-9,11H,5-7,10H2,1-4H3,(H,20,22)/t11-/m1/s1. The SMILES string of the molecule is CCOc1cc2c(cc1CNC(=O)c1c(CC)noc1C)O[C@H](C)C2. The highest BCUT2D eigenvalue weighted by atomic mass is 16.5. The largest absolute Gasteiger partial charge is 0.494 e. The van der Waals surface area contributed by atoms with Crippen molar-refractivity contribution < 1.29 is 18.8 Å². The van der Waals surface area contributed by atoms with Gasteiger partial charge in [-0.25, -0.2) is 0 Å². The normalized spacial score (nSPS) is 15.6. The van der Waals surface area contributed by atoms with E-state index in [-0.39, 0.29) is 12.0 Å². The lowest BCUT2D eigenvalue weighted by Crippen LogP contribution is -2.24. The highest BCUT2D eigenvalue weighted by Crippen LogP contribution is 2.35. The molecule has 1 N–H and O–H groups in total.